The quantitative estimate of drug-likeness (QED) is 0.507. The summed E-state index contributed by atoms with van der Waals surface area (Å²) in [5.74, 6) is 0.426. The third-order valence-electron chi connectivity index (χ3n) is 6.02. The fourth-order valence-corrected chi connectivity index (χ4v) is 4.18. The average molecular weight is 432 g/mol. The molecule has 166 valence electrons. The Morgan fingerprint density at radius 3 is 2.19 bits per heavy atom. The van der Waals surface area contributed by atoms with Crippen molar-refractivity contribution in [1.29, 1.82) is 0 Å². The Hall–Kier alpha value is -3.18. The lowest BCUT2D eigenvalue weighted by Gasteiger charge is -2.31. The van der Waals surface area contributed by atoms with Gasteiger partial charge in [-0.25, -0.2) is 4.39 Å². The molecule has 4 rings (SSSR count). The minimum atomic E-state index is -0.187. The predicted molar refractivity (Wildman–Crippen MR) is 128 cm³/mol. The summed E-state index contributed by atoms with van der Waals surface area (Å²) in [6.07, 6.45) is 3.10. The maximum Gasteiger partial charge on any atom is 0.238 e. The highest BCUT2D eigenvalue weighted by molar-refractivity contribution is 5.92. The molecule has 3 aromatic carbocycles. The lowest BCUT2D eigenvalue weighted by molar-refractivity contribution is -0.117. The Kier molecular flexibility index (Phi) is 7.51. The number of piperidine rings is 1. The van der Waals surface area contributed by atoms with Gasteiger partial charge in [-0.3, -0.25) is 9.69 Å². The number of carbonyl (C=O) groups is 1. The first kappa shape index (κ1) is 22.0. The molecule has 0 spiro atoms. The highest BCUT2D eigenvalue weighted by atomic mass is 19.1. The van der Waals surface area contributed by atoms with Crippen LogP contribution in [0.2, 0.25) is 0 Å². The maximum atomic E-state index is 13.1. The van der Waals surface area contributed by atoms with Crippen LogP contribution in [0.3, 0.4) is 0 Å². The highest BCUT2D eigenvalue weighted by Gasteiger charge is 2.21. The molecule has 0 atom stereocenters. The summed E-state index contributed by atoms with van der Waals surface area (Å²) in [5, 5.41) is 6.39. The van der Waals surface area contributed by atoms with Crippen LogP contribution in [-0.4, -0.2) is 30.4 Å². The summed E-state index contributed by atoms with van der Waals surface area (Å²) in [4.78, 5) is 14.7. The first-order chi connectivity index (χ1) is 15.6. The zero-order valence-electron chi connectivity index (χ0n) is 18.3. The molecule has 1 aliphatic rings. The summed E-state index contributed by atoms with van der Waals surface area (Å²) >= 11 is 0. The fourth-order valence-electron chi connectivity index (χ4n) is 4.18. The van der Waals surface area contributed by atoms with E-state index in [-0.39, 0.29) is 11.7 Å². The Bertz CT molecular complexity index is 982. The number of amides is 1. The molecule has 1 fully saturated rings. The Morgan fingerprint density at radius 2 is 1.50 bits per heavy atom. The van der Waals surface area contributed by atoms with E-state index in [2.05, 4.69) is 27.7 Å². The van der Waals surface area contributed by atoms with Gasteiger partial charge in [0.2, 0.25) is 5.91 Å². The van der Waals surface area contributed by atoms with Crippen LogP contribution in [0.5, 0.6) is 0 Å². The second-order valence-corrected chi connectivity index (χ2v) is 8.51. The summed E-state index contributed by atoms with van der Waals surface area (Å²) < 4.78 is 13.1. The van der Waals surface area contributed by atoms with E-state index in [0.717, 1.165) is 50.3 Å². The number of hydrogen-bond donors (Lipinski definition) is 2. The molecule has 0 aliphatic carbocycles. The molecule has 0 radical (unpaired) electrons. The molecule has 1 amide bonds. The minimum Gasteiger partial charge on any atom is -0.381 e. The van der Waals surface area contributed by atoms with E-state index in [0.29, 0.717) is 12.5 Å². The lowest BCUT2D eigenvalue weighted by Crippen LogP contribution is -2.39. The van der Waals surface area contributed by atoms with Crippen LogP contribution >= 0.6 is 0 Å². The van der Waals surface area contributed by atoms with Crippen molar-refractivity contribution in [2.24, 2.45) is 5.92 Å². The van der Waals surface area contributed by atoms with E-state index >= 15 is 0 Å². The molecule has 1 aliphatic heterocycles. The van der Waals surface area contributed by atoms with Gasteiger partial charge in [0.15, 0.2) is 0 Å². The molecule has 4 nitrogen and oxygen atoms in total. The summed E-state index contributed by atoms with van der Waals surface area (Å²) in [7, 11) is 0. The molecular weight excluding hydrogens is 401 g/mol. The molecule has 0 saturated carbocycles. The number of nitrogens with one attached hydrogen (secondary N) is 2. The van der Waals surface area contributed by atoms with Crippen LogP contribution < -0.4 is 10.6 Å². The molecular formula is C27H30FN3O. The molecule has 1 saturated heterocycles. The number of likely N-dealkylation sites (tertiary alicyclic amines) is 1. The van der Waals surface area contributed by atoms with Gasteiger partial charge in [0.25, 0.3) is 0 Å². The normalized spacial score (nSPS) is 14.8. The van der Waals surface area contributed by atoms with E-state index in [1.165, 1.54) is 23.3 Å². The summed E-state index contributed by atoms with van der Waals surface area (Å²) in [6.45, 7) is 3.02. The third kappa shape index (κ3) is 6.66. The van der Waals surface area contributed by atoms with Crippen molar-refractivity contribution in [2.45, 2.75) is 25.8 Å². The van der Waals surface area contributed by atoms with Gasteiger partial charge in [-0.2, -0.15) is 0 Å². The average Bonchev–Trinajstić information content (AvgIpc) is 2.82. The number of benzene rings is 3. The first-order valence-corrected chi connectivity index (χ1v) is 11.3. The predicted octanol–water partition coefficient (Wildman–Crippen LogP) is 5.33. The van der Waals surface area contributed by atoms with E-state index in [4.69, 9.17) is 0 Å². The molecule has 1 heterocycles. The van der Waals surface area contributed by atoms with Gasteiger partial charge in [-0.05, 0) is 85.8 Å². The Morgan fingerprint density at radius 1 is 0.844 bits per heavy atom. The molecule has 0 aromatic heterocycles. The van der Waals surface area contributed by atoms with E-state index in [9.17, 15) is 9.18 Å². The zero-order chi connectivity index (χ0) is 22.2. The van der Waals surface area contributed by atoms with Crippen LogP contribution in [-0.2, 0) is 17.8 Å². The van der Waals surface area contributed by atoms with Crippen LogP contribution in [0, 0.1) is 11.7 Å². The van der Waals surface area contributed by atoms with E-state index in [1.807, 2.05) is 54.6 Å². The lowest BCUT2D eigenvalue weighted by atomic mass is 9.90. The van der Waals surface area contributed by atoms with Gasteiger partial charge in [0, 0.05) is 17.9 Å². The highest BCUT2D eigenvalue weighted by Crippen LogP contribution is 2.22. The van der Waals surface area contributed by atoms with Gasteiger partial charge in [0.05, 0.1) is 6.54 Å². The van der Waals surface area contributed by atoms with Crippen LogP contribution in [0.4, 0.5) is 15.8 Å². The van der Waals surface area contributed by atoms with E-state index < -0.39 is 0 Å². The third-order valence-corrected chi connectivity index (χ3v) is 6.02. The second kappa shape index (κ2) is 10.9. The molecule has 5 heteroatoms. The smallest absolute Gasteiger partial charge is 0.238 e. The first-order valence-electron chi connectivity index (χ1n) is 11.3. The van der Waals surface area contributed by atoms with Crippen LogP contribution in [0.25, 0.3) is 0 Å². The number of rotatable bonds is 8. The molecule has 2 N–H and O–H groups in total. The minimum absolute atomic E-state index is 0.0204. The van der Waals surface area contributed by atoms with Crippen LogP contribution in [0.15, 0.2) is 78.9 Å². The summed E-state index contributed by atoms with van der Waals surface area (Å²) in [5.41, 5.74) is 4.25. The van der Waals surface area contributed by atoms with Crippen molar-refractivity contribution in [3.8, 4) is 0 Å². The van der Waals surface area contributed by atoms with Crippen molar-refractivity contribution < 1.29 is 9.18 Å². The van der Waals surface area contributed by atoms with E-state index in [1.54, 1.807) is 0 Å². The van der Waals surface area contributed by atoms with Crippen molar-refractivity contribution in [1.82, 2.24) is 4.90 Å². The van der Waals surface area contributed by atoms with Gasteiger partial charge >= 0.3 is 0 Å². The number of nitrogens with zero attached hydrogens (tertiary/aromatic N) is 1. The number of halogens is 1. The summed E-state index contributed by atoms with van der Waals surface area (Å²) in [6, 6.07) is 24.9. The standard InChI is InChI=1S/C27H30FN3O/c28-24-8-6-21(7-9-24)18-22-14-16-31(17-15-22)20-27(32)30-26-12-10-25(11-13-26)29-19-23-4-2-1-3-5-23/h1-13,22,29H,14-20H2,(H,30,32). The molecule has 32 heavy (non-hydrogen) atoms. The van der Waals surface area contributed by atoms with Gasteiger partial charge in [-0.1, -0.05) is 42.5 Å². The fraction of sp³-hybridized carbons (Fsp3) is 0.296. The van der Waals surface area contributed by atoms with Gasteiger partial charge < -0.3 is 10.6 Å². The number of hydrogen-bond acceptors (Lipinski definition) is 3. The molecule has 0 unspecified atom stereocenters. The molecule has 0 bridgehead atoms. The van der Waals surface area contributed by atoms with Crippen molar-refractivity contribution >= 4 is 17.3 Å². The van der Waals surface area contributed by atoms with Gasteiger partial charge in [0.1, 0.15) is 5.82 Å². The monoisotopic (exact) mass is 431 g/mol. The number of carbonyl (C=O) groups excluding carboxylic acids is 1. The Balaban J connectivity index is 1.17. The second-order valence-electron chi connectivity index (χ2n) is 8.51. The number of anilines is 2. The maximum absolute atomic E-state index is 13.1. The van der Waals surface area contributed by atoms with Crippen molar-refractivity contribution in [2.75, 3.05) is 30.3 Å². The van der Waals surface area contributed by atoms with Crippen molar-refractivity contribution in [3.63, 3.8) is 0 Å². The molecule has 3 aromatic rings. The zero-order valence-corrected chi connectivity index (χ0v) is 18.3. The topological polar surface area (TPSA) is 44.4 Å². The largest absolute Gasteiger partial charge is 0.381 e. The van der Waals surface area contributed by atoms with Crippen LogP contribution in [0.1, 0.15) is 24.0 Å². The SMILES string of the molecule is O=C(CN1CCC(Cc2ccc(F)cc2)CC1)Nc1ccc(NCc2ccccc2)cc1. The Labute approximate surface area is 189 Å². The van der Waals surface area contributed by atoms with Gasteiger partial charge in [-0.15, -0.1) is 0 Å². The van der Waals surface area contributed by atoms with Crippen molar-refractivity contribution in [3.05, 3.63) is 95.8 Å².